The van der Waals surface area contributed by atoms with E-state index in [2.05, 4.69) is 66.8 Å². The summed E-state index contributed by atoms with van der Waals surface area (Å²) in [7, 11) is 0. The van der Waals surface area contributed by atoms with Crippen LogP contribution in [0, 0.1) is 5.41 Å². The fourth-order valence-corrected chi connectivity index (χ4v) is 8.64. The third-order valence-electron chi connectivity index (χ3n) is 5.68. The summed E-state index contributed by atoms with van der Waals surface area (Å²) in [4.78, 5) is 0. The molecule has 5 rings (SSSR count). The number of hydrogen-bond acceptors (Lipinski definition) is 0. The van der Waals surface area contributed by atoms with Gasteiger partial charge in [0.1, 0.15) is 0 Å². The molecule has 0 nitrogen and oxygen atoms in total. The van der Waals surface area contributed by atoms with Gasteiger partial charge in [0.05, 0.1) is 0 Å². The van der Waals surface area contributed by atoms with Crippen LogP contribution in [0.15, 0.2) is 72.3 Å². The molecule has 0 aromatic heterocycles. The molecular weight excluding hydrogens is 343 g/mol. The monoisotopic (exact) mass is 360 g/mol. The normalized spacial score (nSPS) is 20.8. The Morgan fingerprint density at radius 3 is 2.00 bits per heavy atom. The second-order valence-corrected chi connectivity index (χ2v) is 9.66. The van der Waals surface area contributed by atoms with Crippen LogP contribution in [0.2, 0.25) is 8.26 Å². The maximum absolute atomic E-state index is 2.42. The van der Waals surface area contributed by atoms with Gasteiger partial charge in [-0.15, -0.1) is 0 Å². The number of benzene rings is 2. The summed E-state index contributed by atoms with van der Waals surface area (Å²) in [5, 5.41) is 0. The summed E-state index contributed by atoms with van der Waals surface area (Å²) in [6, 6.07) is 18.2. The number of allylic oxidation sites excluding steroid dienone is 4. The van der Waals surface area contributed by atoms with Gasteiger partial charge in [0.25, 0.3) is 0 Å². The van der Waals surface area contributed by atoms with Crippen molar-refractivity contribution in [3.05, 3.63) is 83.5 Å². The van der Waals surface area contributed by atoms with Crippen LogP contribution in [0.25, 0.3) is 11.1 Å². The van der Waals surface area contributed by atoms with Crippen LogP contribution in [0.5, 0.6) is 0 Å². The van der Waals surface area contributed by atoms with E-state index in [-0.39, 0.29) is 23.2 Å². The van der Waals surface area contributed by atoms with Crippen molar-refractivity contribution >= 4 is 0 Å². The Hall–Kier alpha value is -1.20. The molecule has 106 valence electrons. The molecule has 1 heterocycles. The van der Waals surface area contributed by atoms with E-state index in [9.17, 15) is 0 Å². The summed E-state index contributed by atoms with van der Waals surface area (Å²) in [6.07, 6.45) is 8.21. The van der Waals surface area contributed by atoms with Gasteiger partial charge in [-0.2, -0.15) is 0 Å². The first-order chi connectivity index (χ1) is 10.9. The molecule has 2 aliphatic carbocycles. The Labute approximate surface area is 143 Å². The van der Waals surface area contributed by atoms with Crippen molar-refractivity contribution in [3.8, 4) is 11.1 Å². The molecule has 0 atom stereocenters. The number of hydrogen-bond donors (Lipinski definition) is 0. The molecule has 0 unspecified atom stereocenters. The Balaban J connectivity index is 1.74. The molecule has 22 heavy (non-hydrogen) atoms. The second-order valence-electron chi connectivity index (χ2n) is 6.69. The van der Waals surface area contributed by atoms with Crippen molar-refractivity contribution in [1.29, 1.82) is 0 Å². The van der Waals surface area contributed by atoms with E-state index in [0.717, 1.165) is 0 Å². The van der Waals surface area contributed by atoms with Crippen LogP contribution < -0.4 is 0 Å². The molecule has 1 saturated heterocycles. The van der Waals surface area contributed by atoms with Gasteiger partial charge in [0.2, 0.25) is 0 Å². The average Bonchev–Trinajstić information content (AvgIpc) is 3.15. The molecule has 2 aromatic rings. The fraction of sp³-hybridized carbons (Fsp3) is 0.238. The summed E-state index contributed by atoms with van der Waals surface area (Å²) >= 11 is -0.106. The van der Waals surface area contributed by atoms with Gasteiger partial charge in [-0.25, -0.2) is 0 Å². The first kappa shape index (κ1) is 13.3. The minimum atomic E-state index is -0.106. The van der Waals surface area contributed by atoms with E-state index < -0.39 is 0 Å². The van der Waals surface area contributed by atoms with Crippen molar-refractivity contribution in [3.63, 3.8) is 0 Å². The van der Waals surface area contributed by atoms with Crippen molar-refractivity contribution in [2.75, 3.05) is 0 Å². The van der Waals surface area contributed by atoms with E-state index in [1.54, 1.807) is 16.7 Å². The molecular formula is C21H18Zr. The predicted octanol–water partition coefficient (Wildman–Crippen LogP) is 5.60. The van der Waals surface area contributed by atoms with Gasteiger partial charge in [0.15, 0.2) is 0 Å². The minimum absolute atomic E-state index is 0.106. The standard InChI is InChI=1S/C21H18.Zr/c1-21(2,15-9-3-4-10-15)20-18-13-7-5-11-16(18)17-12-6-8-14-19(17)20;/h3-9,11-14,20H,1-2,10H2;. The topological polar surface area (TPSA) is 0 Å². The Kier molecular flexibility index (Phi) is 2.95. The van der Waals surface area contributed by atoms with Crippen LogP contribution in [0.1, 0.15) is 23.5 Å². The molecule has 0 bridgehead atoms. The van der Waals surface area contributed by atoms with Crippen molar-refractivity contribution in [1.82, 2.24) is 0 Å². The van der Waals surface area contributed by atoms with Gasteiger partial charge in [-0.1, -0.05) is 0 Å². The molecule has 0 spiro atoms. The molecule has 0 radical (unpaired) electrons. The third-order valence-corrected chi connectivity index (χ3v) is 10.0. The van der Waals surface area contributed by atoms with Crippen LogP contribution in [-0.2, 0) is 23.2 Å². The van der Waals surface area contributed by atoms with Gasteiger partial charge in [-0.05, 0) is 0 Å². The van der Waals surface area contributed by atoms with E-state index in [4.69, 9.17) is 0 Å². The Morgan fingerprint density at radius 2 is 1.50 bits per heavy atom. The Bertz CT molecular complexity index is 763. The van der Waals surface area contributed by atoms with Crippen LogP contribution >= 0.6 is 0 Å². The van der Waals surface area contributed by atoms with Crippen molar-refractivity contribution in [2.45, 2.75) is 20.6 Å². The zero-order chi connectivity index (χ0) is 14.6. The van der Waals surface area contributed by atoms with Gasteiger partial charge in [-0.3, -0.25) is 0 Å². The third kappa shape index (κ3) is 1.67. The van der Waals surface area contributed by atoms with Crippen LogP contribution in [0.4, 0.5) is 0 Å². The summed E-state index contributed by atoms with van der Waals surface area (Å²) in [5.74, 6) is 0.598. The maximum atomic E-state index is 2.42. The van der Waals surface area contributed by atoms with Crippen LogP contribution in [0.3, 0.4) is 0 Å². The molecule has 1 aliphatic heterocycles. The first-order valence-electron chi connectivity index (χ1n) is 8.15. The molecule has 1 heteroatoms. The predicted molar refractivity (Wildman–Crippen MR) is 87.6 cm³/mol. The summed E-state index contributed by atoms with van der Waals surface area (Å²) in [6.45, 7) is 0. The number of rotatable bonds is 2. The quantitative estimate of drug-likeness (QED) is 0.653. The fourth-order valence-electron chi connectivity index (χ4n) is 4.58. The molecule has 0 amide bonds. The van der Waals surface area contributed by atoms with Crippen LogP contribution in [-0.4, -0.2) is 0 Å². The Morgan fingerprint density at radius 1 is 0.864 bits per heavy atom. The molecule has 0 N–H and O–H groups in total. The van der Waals surface area contributed by atoms with E-state index in [0.29, 0.717) is 11.3 Å². The summed E-state index contributed by atoms with van der Waals surface area (Å²) in [5.41, 5.74) is 8.26. The van der Waals surface area contributed by atoms with Gasteiger partial charge in [0, 0.05) is 0 Å². The summed E-state index contributed by atoms with van der Waals surface area (Å²) < 4.78 is 3.02. The van der Waals surface area contributed by atoms with E-state index >= 15 is 0 Å². The molecule has 3 aliphatic rings. The molecule has 2 aromatic carbocycles. The second kappa shape index (κ2) is 4.90. The average molecular weight is 362 g/mol. The van der Waals surface area contributed by atoms with Crippen molar-refractivity contribution < 1.29 is 23.2 Å². The first-order valence-corrected chi connectivity index (χ1v) is 11.6. The van der Waals surface area contributed by atoms with E-state index in [1.165, 1.54) is 25.8 Å². The SMILES string of the molecule is C1=CCC(C2(C3c4ccccc4-c4ccccc43)[CH2][Zr][CH2]2)=C1. The van der Waals surface area contributed by atoms with Crippen molar-refractivity contribution in [2.24, 2.45) is 5.41 Å². The number of fused-ring (bicyclic) bond motifs is 3. The zero-order valence-electron chi connectivity index (χ0n) is 12.5. The zero-order valence-corrected chi connectivity index (χ0v) is 15.0. The molecule has 0 saturated carbocycles. The molecule has 1 fully saturated rings. The van der Waals surface area contributed by atoms with Gasteiger partial charge < -0.3 is 0 Å². The van der Waals surface area contributed by atoms with E-state index in [1.807, 2.05) is 0 Å². The van der Waals surface area contributed by atoms with Gasteiger partial charge >= 0.3 is 144 Å².